The number of fused-ring (bicyclic) bond motifs is 6. The second-order valence-corrected chi connectivity index (χ2v) is 10.9. The number of rotatable bonds is 2. The molecule has 0 aromatic rings. The molecule has 5 rings (SSSR count). The van der Waals surface area contributed by atoms with E-state index in [0.717, 1.165) is 44.9 Å². The molecule has 4 aliphatic carbocycles. The molecule has 3 unspecified atom stereocenters. The molecule has 1 aliphatic heterocycles. The molecule has 1 heterocycles. The summed E-state index contributed by atoms with van der Waals surface area (Å²) in [5, 5.41) is 0. The zero-order chi connectivity index (χ0) is 22.0. The number of carbonyl (C=O) groups is 2. The van der Waals surface area contributed by atoms with Gasteiger partial charge in [0, 0.05) is 38.0 Å². The summed E-state index contributed by atoms with van der Waals surface area (Å²) >= 11 is 0. The average molecular weight is 433 g/mol. The highest BCUT2D eigenvalue weighted by molar-refractivity contribution is 5.67. The van der Waals surface area contributed by atoms with E-state index < -0.39 is 5.79 Å². The largest absolute Gasteiger partial charge is 0.462 e. The summed E-state index contributed by atoms with van der Waals surface area (Å²) in [5.74, 6) is 0.195. The summed E-state index contributed by atoms with van der Waals surface area (Å²) in [6, 6.07) is 0. The van der Waals surface area contributed by atoms with Crippen LogP contribution in [0.5, 0.6) is 0 Å². The van der Waals surface area contributed by atoms with Crippen molar-refractivity contribution in [1.82, 2.24) is 0 Å². The van der Waals surface area contributed by atoms with Crippen molar-refractivity contribution in [1.29, 1.82) is 0 Å². The van der Waals surface area contributed by atoms with Gasteiger partial charge in [-0.2, -0.15) is 0 Å². The lowest BCUT2D eigenvalue weighted by molar-refractivity contribution is -0.246. The first-order valence-electron chi connectivity index (χ1n) is 12.0. The Labute approximate surface area is 185 Å². The van der Waals surface area contributed by atoms with E-state index in [4.69, 9.17) is 18.9 Å². The van der Waals surface area contributed by atoms with Crippen LogP contribution in [0.25, 0.3) is 0 Å². The Kier molecular flexibility index (Phi) is 5.06. The van der Waals surface area contributed by atoms with E-state index in [-0.39, 0.29) is 40.9 Å². The molecule has 6 heteroatoms. The number of hydrogen-bond donors (Lipinski definition) is 0. The molecule has 0 radical (unpaired) electrons. The number of ether oxygens (including phenoxy) is 4. The first-order valence-corrected chi connectivity index (χ1v) is 12.0. The van der Waals surface area contributed by atoms with Crippen LogP contribution in [-0.2, 0) is 28.5 Å². The third-order valence-corrected chi connectivity index (χ3v) is 9.50. The van der Waals surface area contributed by atoms with Gasteiger partial charge in [0.2, 0.25) is 0 Å². The van der Waals surface area contributed by atoms with Gasteiger partial charge in [0.05, 0.1) is 13.2 Å². The zero-order valence-corrected chi connectivity index (χ0v) is 19.3. The highest BCUT2D eigenvalue weighted by Crippen LogP contribution is 2.68. The van der Waals surface area contributed by atoms with E-state index in [0.29, 0.717) is 25.0 Å². The second kappa shape index (κ2) is 7.31. The average Bonchev–Trinajstić information content (AvgIpc) is 3.28. The van der Waals surface area contributed by atoms with Crippen LogP contribution in [0.3, 0.4) is 0 Å². The predicted octanol–water partition coefficient (Wildman–Crippen LogP) is 4.17. The van der Waals surface area contributed by atoms with Crippen LogP contribution in [0.4, 0.5) is 0 Å². The van der Waals surface area contributed by atoms with Crippen LogP contribution in [0.2, 0.25) is 0 Å². The van der Waals surface area contributed by atoms with Crippen LogP contribution in [0, 0.1) is 28.6 Å². The molecule has 4 fully saturated rings. The minimum Gasteiger partial charge on any atom is -0.462 e. The lowest BCUT2D eigenvalue weighted by atomic mass is 9.47. The maximum Gasteiger partial charge on any atom is 0.303 e. The van der Waals surface area contributed by atoms with E-state index in [1.165, 1.54) is 19.4 Å². The Hall–Kier alpha value is -1.40. The normalized spacial score (nSPS) is 45.3. The maximum absolute atomic E-state index is 12.1. The Morgan fingerprint density at radius 2 is 1.61 bits per heavy atom. The topological polar surface area (TPSA) is 71.1 Å². The van der Waals surface area contributed by atoms with Crippen molar-refractivity contribution >= 4 is 11.9 Å². The molecule has 0 N–H and O–H groups in total. The smallest absolute Gasteiger partial charge is 0.303 e. The van der Waals surface area contributed by atoms with E-state index in [1.54, 1.807) is 0 Å². The highest BCUT2D eigenvalue weighted by Gasteiger charge is 2.68. The van der Waals surface area contributed by atoms with Gasteiger partial charge in [0.25, 0.3) is 0 Å². The zero-order valence-electron chi connectivity index (χ0n) is 19.3. The Morgan fingerprint density at radius 3 is 2.29 bits per heavy atom. The van der Waals surface area contributed by atoms with Crippen LogP contribution >= 0.6 is 0 Å². The van der Waals surface area contributed by atoms with Gasteiger partial charge in [-0.05, 0) is 55.4 Å². The predicted molar refractivity (Wildman–Crippen MR) is 113 cm³/mol. The molecular weight excluding hydrogens is 396 g/mol. The molecule has 6 nitrogen and oxygen atoms in total. The first kappa shape index (κ1) is 21.4. The SMILES string of the molecule is CC(=O)O[C@H]1CC[C@@]2(C)C(=C[C@@H](OC(C)=O)C3C2CC[C@@]2(C)C3CCC23OCCO3)C1. The fourth-order valence-electron chi connectivity index (χ4n) is 8.12. The summed E-state index contributed by atoms with van der Waals surface area (Å²) in [6.07, 6.45) is 8.67. The quantitative estimate of drug-likeness (QED) is 0.482. The van der Waals surface area contributed by atoms with Crippen LogP contribution in [-0.4, -0.2) is 43.1 Å². The van der Waals surface area contributed by atoms with Crippen molar-refractivity contribution in [3.8, 4) is 0 Å². The van der Waals surface area contributed by atoms with Gasteiger partial charge in [-0.15, -0.1) is 0 Å². The van der Waals surface area contributed by atoms with Gasteiger partial charge < -0.3 is 18.9 Å². The number of esters is 2. The van der Waals surface area contributed by atoms with Crippen molar-refractivity contribution in [2.24, 2.45) is 28.6 Å². The third kappa shape index (κ3) is 3.12. The van der Waals surface area contributed by atoms with Gasteiger partial charge in [-0.3, -0.25) is 9.59 Å². The van der Waals surface area contributed by atoms with Gasteiger partial charge in [0.15, 0.2) is 5.79 Å². The van der Waals surface area contributed by atoms with Crippen molar-refractivity contribution < 1.29 is 28.5 Å². The van der Waals surface area contributed by atoms with Crippen molar-refractivity contribution in [2.75, 3.05) is 13.2 Å². The summed E-state index contributed by atoms with van der Waals surface area (Å²) in [6.45, 7) is 9.06. The lowest BCUT2D eigenvalue weighted by Crippen LogP contribution is -2.58. The van der Waals surface area contributed by atoms with Crippen LogP contribution in [0.1, 0.15) is 72.6 Å². The highest BCUT2D eigenvalue weighted by atomic mass is 16.7. The maximum atomic E-state index is 12.1. The standard InChI is InChI=1S/C25H36O6/c1-15(26)30-18-5-8-23(3)17(13-18)14-21(31-16(2)27)22-19(23)6-9-24(4)20(22)7-10-25(24)28-11-12-29-25/h14,18-22H,5-13H2,1-4H3/t18-,19?,20?,21+,22?,23-,24-/m0/s1. The van der Waals surface area contributed by atoms with E-state index in [9.17, 15) is 9.59 Å². The van der Waals surface area contributed by atoms with E-state index in [2.05, 4.69) is 19.9 Å². The minimum absolute atomic E-state index is 0.0558. The summed E-state index contributed by atoms with van der Waals surface area (Å²) in [5.41, 5.74) is 1.31. The molecule has 0 bridgehead atoms. The van der Waals surface area contributed by atoms with Gasteiger partial charge in [0.1, 0.15) is 12.2 Å². The molecule has 1 spiro atoms. The fraction of sp³-hybridized carbons (Fsp3) is 0.840. The van der Waals surface area contributed by atoms with Gasteiger partial charge >= 0.3 is 11.9 Å². The second-order valence-electron chi connectivity index (χ2n) is 10.9. The summed E-state index contributed by atoms with van der Waals surface area (Å²) < 4.78 is 24.1. The Morgan fingerprint density at radius 1 is 0.935 bits per heavy atom. The molecule has 5 aliphatic rings. The fourth-order valence-corrected chi connectivity index (χ4v) is 8.12. The molecule has 0 aromatic carbocycles. The molecule has 3 saturated carbocycles. The Balaban J connectivity index is 1.51. The van der Waals surface area contributed by atoms with Crippen molar-refractivity contribution in [2.45, 2.75) is 90.6 Å². The van der Waals surface area contributed by atoms with Gasteiger partial charge in [-0.1, -0.05) is 19.4 Å². The molecule has 0 aromatic heterocycles. The van der Waals surface area contributed by atoms with Crippen molar-refractivity contribution in [3.05, 3.63) is 11.6 Å². The van der Waals surface area contributed by atoms with Gasteiger partial charge in [-0.25, -0.2) is 0 Å². The van der Waals surface area contributed by atoms with Crippen LogP contribution in [0.15, 0.2) is 11.6 Å². The lowest BCUT2D eigenvalue weighted by Gasteiger charge is -2.60. The van der Waals surface area contributed by atoms with Crippen LogP contribution < -0.4 is 0 Å². The molecule has 1 saturated heterocycles. The molecule has 0 amide bonds. The Bertz CT molecular complexity index is 798. The minimum atomic E-state index is -0.471. The summed E-state index contributed by atoms with van der Waals surface area (Å²) in [7, 11) is 0. The molecule has 31 heavy (non-hydrogen) atoms. The number of hydrogen-bond acceptors (Lipinski definition) is 6. The third-order valence-electron chi connectivity index (χ3n) is 9.50. The molecular formula is C25H36O6. The summed E-state index contributed by atoms with van der Waals surface area (Å²) in [4.78, 5) is 23.6. The number of carbonyl (C=O) groups excluding carboxylic acids is 2. The van der Waals surface area contributed by atoms with E-state index in [1.807, 2.05) is 0 Å². The molecule has 7 atom stereocenters. The monoisotopic (exact) mass is 432 g/mol. The van der Waals surface area contributed by atoms with Crippen molar-refractivity contribution in [3.63, 3.8) is 0 Å². The van der Waals surface area contributed by atoms with E-state index >= 15 is 0 Å². The first-order chi connectivity index (χ1) is 14.7. The molecule has 172 valence electrons.